The van der Waals surface area contributed by atoms with Gasteiger partial charge in [0.2, 0.25) is 0 Å². The van der Waals surface area contributed by atoms with Crippen molar-refractivity contribution in [2.75, 3.05) is 0 Å². The molecule has 6 atom stereocenters. The van der Waals surface area contributed by atoms with Gasteiger partial charge in [0.05, 0.1) is 72.4 Å². The second kappa shape index (κ2) is 39.4. The van der Waals surface area contributed by atoms with Crippen molar-refractivity contribution in [1.82, 2.24) is 0 Å². The van der Waals surface area contributed by atoms with Crippen LogP contribution in [0.3, 0.4) is 0 Å². The predicted octanol–water partition coefficient (Wildman–Crippen LogP) is -17.3. The molecule has 0 bridgehead atoms. The quantitative estimate of drug-likeness (QED) is 0.149. The van der Waals surface area contributed by atoms with E-state index < -0.39 is 72.4 Å². The Morgan fingerprint density at radius 3 is 0.385 bits per heavy atom. The van der Waals surface area contributed by atoms with E-state index in [2.05, 4.69) is 0 Å². The molecule has 0 saturated heterocycles. The SMILES string of the molecule is CC(O)C(=O)[O-].CC(O)C(=O)[O-].CC(O)C(=O)[O-].CC(O)C(=O)[O-].CC(O)C(=O)[O-].CC(O)C(=O)[O-].[Na+].[Na+].[Ti+4]. The number of aliphatic carboxylic acids is 6. The first kappa shape index (κ1) is 62.1. The van der Waals surface area contributed by atoms with Gasteiger partial charge in [0.1, 0.15) is 0 Å². The molecule has 0 fully saturated rings. The Bertz CT molecular complexity index is 500. The average Bonchev–Trinajstić information content (AvgIpc) is 2.69. The summed E-state index contributed by atoms with van der Waals surface area (Å²) in [5.74, 6) is -8.61. The van der Waals surface area contributed by atoms with Crippen molar-refractivity contribution in [3.63, 3.8) is 0 Å². The molecule has 0 aliphatic rings. The number of aliphatic hydroxyl groups excluding tert-OH is 6. The van der Waals surface area contributed by atoms with Crippen LogP contribution in [0.2, 0.25) is 0 Å². The number of hydrogen-bond donors (Lipinski definition) is 6. The Labute approximate surface area is 282 Å². The summed E-state index contributed by atoms with van der Waals surface area (Å²) in [4.78, 5) is 56.0. The summed E-state index contributed by atoms with van der Waals surface area (Å²) in [6.07, 6.45) is -8.06. The molecule has 6 N–H and O–H groups in total. The molecule has 0 amide bonds. The van der Waals surface area contributed by atoms with Crippen molar-refractivity contribution in [1.29, 1.82) is 0 Å². The molecule has 216 valence electrons. The predicted molar refractivity (Wildman–Crippen MR) is 100 cm³/mol. The van der Waals surface area contributed by atoms with Crippen LogP contribution in [0.15, 0.2) is 0 Å². The van der Waals surface area contributed by atoms with Crippen molar-refractivity contribution in [2.45, 2.75) is 78.2 Å². The summed E-state index contributed by atoms with van der Waals surface area (Å²) < 4.78 is 0. The topological polar surface area (TPSA) is 362 Å². The Morgan fingerprint density at radius 1 is 0.359 bits per heavy atom. The molecule has 0 aromatic heterocycles. The molecule has 18 nitrogen and oxygen atoms in total. The Morgan fingerprint density at radius 2 is 0.385 bits per heavy atom. The van der Waals surface area contributed by atoms with Crippen LogP contribution in [0, 0.1) is 0 Å². The van der Waals surface area contributed by atoms with Gasteiger partial charge in [0.15, 0.2) is 0 Å². The molecular formula is C18H30Na2O18Ti. The third-order valence-corrected chi connectivity index (χ3v) is 2.05. The Balaban J connectivity index is -0.0000000390. The molecule has 0 heterocycles. The zero-order chi connectivity index (χ0) is 30.9. The summed E-state index contributed by atoms with van der Waals surface area (Å²) in [6, 6.07) is 0. The number of rotatable bonds is 6. The van der Waals surface area contributed by atoms with Gasteiger partial charge in [-0.15, -0.1) is 0 Å². The zero-order valence-corrected chi connectivity index (χ0v) is 28.1. The van der Waals surface area contributed by atoms with Crippen LogP contribution < -0.4 is 89.8 Å². The fourth-order valence-corrected chi connectivity index (χ4v) is 0. The van der Waals surface area contributed by atoms with E-state index in [1.54, 1.807) is 0 Å². The van der Waals surface area contributed by atoms with Crippen LogP contribution in [0.25, 0.3) is 0 Å². The molecule has 0 spiro atoms. The largest absolute Gasteiger partial charge is 4.00 e. The molecule has 0 aliphatic carbocycles. The fourth-order valence-electron chi connectivity index (χ4n) is 0. The Kier molecular flexibility index (Phi) is 62.8. The van der Waals surface area contributed by atoms with Crippen LogP contribution in [-0.4, -0.2) is 103 Å². The molecule has 0 radical (unpaired) electrons. The second-order valence-corrected chi connectivity index (χ2v) is 5.97. The molecule has 0 aromatic rings. The van der Waals surface area contributed by atoms with E-state index >= 15 is 0 Å². The molecule has 21 heteroatoms. The maximum Gasteiger partial charge on any atom is 4.00 e. The first-order valence-corrected chi connectivity index (χ1v) is 9.19. The van der Waals surface area contributed by atoms with Gasteiger partial charge in [-0.3, -0.25) is 0 Å². The normalized spacial score (nSPS) is 12.6. The molecule has 0 aromatic carbocycles. The minimum atomic E-state index is -1.44. The van der Waals surface area contributed by atoms with Gasteiger partial charge in [-0.25, -0.2) is 0 Å². The van der Waals surface area contributed by atoms with Crippen LogP contribution in [-0.2, 0) is 50.5 Å². The van der Waals surface area contributed by atoms with E-state index in [-0.39, 0.29) is 80.8 Å². The Hall–Kier alpha value is -0.706. The smallest absolute Gasteiger partial charge is 0.547 e. The van der Waals surface area contributed by atoms with Crippen molar-refractivity contribution >= 4 is 35.8 Å². The van der Waals surface area contributed by atoms with Crippen LogP contribution in [0.4, 0.5) is 0 Å². The van der Waals surface area contributed by atoms with Gasteiger partial charge < -0.3 is 90.0 Å². The minimum Gasteiger partial charge on any atom is -0.547 e. The van der Waals surface area contributed by atoms with Crippen molar-refractivity contribution in [3.05, 3.63) is 0 Å². The van der Waals surface area contributed by atoms with E-state index in [0.29, 0.717) is 0 Å². The number of carbonyl (C=O) groups is 6. The number of carboxylic acids is 6. The van der Waals surface area contributed by atoms with Crippen LogP contribution >= 0.6 is 0 Å². The molecule has 0 saturated carbocycles. The van der Waals surface area contributed by atoms with E-state index in [0.717, 1.165) is 41.5 Å². The molecular weight excluding hydrogens is 598 g/mol. The fraction of sp³-hybridized carbons (Fsp3) is 0.667. The number of carboxylic acid groups (broad SMARTS) is 6. The van der Waals surface area contributed by atoms with E-state index in [4.69, 9.17) is 30.6 Å². The number of aliphatic hydroxyl groups is 6. The molecule has 0 aliphatic heterocycles. The average molecular weight is 628 g/mol. The molecule has 6 unspecified atom stereocenters. The minimum absolute atomic E-state index is 0. The van der Waals surface area contributed by atoms with E-state index in [1.165, 1.54) is 0 Å². The van der Waals surface area contributed by atoms with Crippen molar-refractivity contribution < 1.29 is 171 Å². The first-order valence-electron chi connectivity index (χ1n) is 9.19. The number of carbonyl (C=O) groups excluding carboxylic acids is 6. The monoisotopic (exact) mass is 628 g/mol. The summed E-state index contributed by atoms with van der Waals surface area (Å²) in [7, 11) is 0. The zero-order valence-electron chi connectivity index (χ0n) is 22.5. The standard InChI is InChI=1S/6C3H6O3.2Na.Ti/c6*1-2(4)3(5)6;;;/h6*2,4H,1H3,(H,5,6);;;/q;;;;;;2*+1;+4/p-6. The van der Waals surface area contributed by atoms with Crippen molar-refractivity contribution in [2.24, 2.45) is 0 Å². The summed E-state index contributed by atoms with van der Waals surface area (Å²) in [6.45, 7) is 6.81. The van der Waals surface area contributed by atoms with Gasteiger partial charge in [-0.2, -0.15) is 0 Å². The van der Waals surface area contributed by atoms with Crippen LogP contribution in [0.5, 0.6) is 0 Å². The van der Waals surface area contributed by atoms with E-state index in [1.807, 2.05) is 0 Å². The summed E-state index contributed by atoms with van der Waals surface area (Å²) in [5, 5.41) is 104. The second-order valence-electron chi connectivity index (χ2n) is 5.97. The molecule has 39 heavy (non-hydrogen) atoms. The van der Waals surface area contributed by atoms with Crippen molar-refractivity contribution in [3.8, 4) is 0 Å². The van der Waals surface area contributed by atoms with Gasteiger partial charge in [0.25, 0.3) is 0 Å². The maximum atomic E-state index is 9.34. The van der Waals surface area contributed by atoms with Gasteiger partial charge >= 0.3 is 80.8 Å². The summed E-state index contributed by atoms with van der Waals surface area (Å²) >= 11 is 0. The third kappa shape index (κ3) is 85.6. The van der Waals surface area contributed by atoms with E-state index in [9.17, 15) is 59.4 Å². The van der Waals surface area contributed by atoms with Gasteiger partial charge in [-0.1, -0.05) is 0 Å². The van der Waals surface area contributed by atoms with Gasteiger partial charge in [0, 0.05) is 0 Å². The first-order chi connectivity index (χ1) is 15.9. The van der Waals surface area contributed by atoms with Gasteiger partial charge in [-0.05, 0) is 41.5 Å². The molecule has 0 rings (SSSR count). The maximum absolute atomic E-state index is 9.34. The summed E-state index contributed by atoms with van der Waals surface area (Å²) in [5.41, 5.74) is 0. The number of hydrogen-bond acceptors (Lipinski definition) is 18. The van der Waals surface area contributed by atoms with Crippen LogP contribution in [0.1, 0.15) is 41.5 Å². The third-order valence-electron chi connectivity index (χ3n) is 2.05.